The predicted octanol–water partition coefficient (Wildman–Crippen LogP) is 2.48. The maximum Gasteiger partial charge on any atom is 0.253 e. The quantitative estimate of drug-likeness (QED) is 0.863. The number of hydrogen-bond donors (Lipinski definition) is 0. The Morgan fingerprint density at radius 2 is 2.04 bits per heavy atom. The molecular formula is C18H21N3O3. The molecule has 0 aliphatic carbocycles. The van der Waals surface area contributed by atoms with Gasteiger partial charge >= 0.3 is 0 Å². The van der Waals surface area contributed by atoms with E-state index >= 15 is 0 Å². The van der Waals surface area contributed by atoms with Gasteiger partial charge in [-0.05, 0) is 25.1 Å². The van der Waals surface area contributed by atoms with Crippen molar-refractivity contribution in [2.24, 2.45) is 0 Å². The molecule has 2 aromatic rings. The number of amides is 1. The van der Waals surface area contributed by atoms with Crippen molar-refractivity contribution in [3.8, 4) is 11.6 Å². The summed E-state index contributed by atoms with van der Waals surface area (Å²) in [5.74, 6) is 2.02. The maximum absolute atomic E-state index is 12.6. The number of piperidine rings is 1. The highest BCUT2D eigenvalue weighted by Gasteiger charge is 2.25. The van der Waals surface area contributed by atoms with E-state index in [1.54, 1.807) is 25.4 Å². The first kappa shape index (κ1) is 16.2. The number of likely N-dealkylation sites (tertiary alicyclic amines) is 1. The normalized spacial score (nSPS) is 15.2. The van der Waals surface area contributed by atoms with Crippen LogP contribution >= 0.6 is 0 Å². The van der Waals surface area contributed by atoms with Gasteiger partial charge in [0, 0.05) is 43.8 Å². The molecule has 0 atom stereocenters. The number of carbonyl (C=O) groups excluding carboxylic acids is 1. The van der Waals surface area contributed by atoms with Crippen LogP contribution in [0.5, 0.6) is 11.6 Å². The summed E-state index contributed by atoms with van der Waals surface area (Å²) in [6, 6.07) is 9.02. The molecule has 0 N–H and O–H groups in total. The second kappa shape index (κ2) is 7.29. The Morgan fingerprint density at radius 3 is 2.75 bits per heavy atom. The summed E-state index contributed by atoms with van der Waals surface area (Å²) in [5.41, 5.74) is 0.653. The van der Waals surface area contributed by atoms with E-state index in [9.17, 15) is 4.79 Å². The zero-order valence-electron chi connectivity index (χ0n) is 13.9. The molecule has 1 saturated heterocycles. The average Bonchev–Trinajstić information content (AvgIpc) is 2.62. The summed E-state index contributed by atoms with van der Waals surface area (Å²) in [7, 11) is 1.60. The molecule has 24 heavy (non-hydrogen) atoms. The van der Waals surface area contributed by atoms with Gasteiger partial charge in [-0.2, -0.15) is 4.98 Å². The molecule has 1 fully saturated rings. The lowest BCUT2D eigenvalue weighted by Crippen LogP contribution is -2.41. The third-order valence-corrected chi connectivity index (χ3v) is 4.08. The fourth-order valence-corrected chi connectivity index (χ4v) is 2.79. The van der Waals surface area contributed by atoms with Crippen molar-refractivity contribution in [3.05, 3.63) is 47.9 Å². The van der Waals surface area contributed by atoms with E-state index < -0.39 is 0 Å². The van der Waals surface area contributed by atoms with Gasteiger partial charge in [0.05, 0.1) is 7.11 Å². The predicted molar refractivity (Wildman–Crippen MR) is 89.3 cm³/mol. The first-order valence-corrected chi connectivity index (χ1v) is 8.05. The first-order chi connectivity index (χ1) is 11.7. The summed E-state index contributed by atoms with van der Waals surface area (Å²) in [4.78, 5) is 22.8. The first-order valence-electron chi connectivity index (χ1n) is 8.05. The number of aryl methyl sites for hydroxylation is 1. The highest BCUT2D eigenvalue weighted by atomic mass is 16.5. The fourth-order valence-electron chi connectivity index (χ4n) is 2.79. The number of carbonyl (C=O) groups is 1. The van der Waals surface area contributed by atoms with Crippen LogP contribution in [0.4, 0.5) is 0 Å². The molecule has 1 aliphatic heterocycles. The Bertz CT molecular complexity index is 712. The monoisotopic (exact) mass is 327 g/mol. The van der Waals surface area contributed by atoms with E-state index in [1.165, 1.54) is 0 Å². The second-order valence-corrected chi connectivity index (χ2v) is 5.78. The summed E-state index contributed by atoms with van der Waals surface area (Å²) in [6.45, 7) is 3.18. The number of nitrogens with zero attached hydrogens (tertiary/aromatic N) is 3. The van der Waals surface area contributed by atoms with Crippen molar-refractivity contribution in [2.75, 3.05) is 20.2 Å². The van der Waals surface area contributed by atoms with Crippen LogP contribution in [0.15, 0.2) is 36.5 Å². The lowest BCUT2D eigenvalue weighted by Gasteiger charge is -2.32. The van der Waals surface area contributed by atoms with Crippen LogP contribution in [0.25, 0.3) is 0 Å². The highest BCUT2D eigenvalue weighted by Crippen LogP contribution is 2.20. The van der Waals surface area contributed by atoms with Crippen LogP contribution in [0.3, 0.4) is 0 Å². The van der Waals surface area contributed by atoms with Crippen LogP contribution < -0.4 is 9.47 Å². The van der Waals surface area contributed by atoms with Gasteiger partial charge in [0.2, 0.25) is 5.88 Å². The average molecular weight is 327 g/mol. The van der Waals surface area contributed by atoms with Crippen molar-refractivity contribution in [1.82, 2.24) is 14.9 Å². The van der Waals surface area contributed by atoms with E-state index in [1.807, 2.05) is 30.0 Å². The molecule has 1 amide bonds. The van der Waals surface area contributed by atoms with Gasteiger partial charge in [-0.15, -0.1) is 0 Å². The SMILES string of the molecule is COc1cccc(C(=O)N2CCC(Oc3ccnc(C)n3)CC2)c1. The fraction of sp³-hybridized carbons (Fsp3) is 0.389. The van der Waals surface area contributed by atoms with Gasteiger partial charge in [0.25, 0.3) is 5.91 Å². The molecule has 1 aromatic carbocycles. The number of ether oxygens (including phenoxy) is 2. The summed E-state index contributed by atoms with van der Waals surface area (Å²) in [5, 5.41) is 0. The molecule has 6 nitrogen and oxygen atoms in total. The molecule has 3 rings (SSSR count). The van der Waals surface area contributed by atoms with E-state index in [0.717, 1.165) is 12.8 Å². The summed E-state index contributed by atoms with van der Waals surface area (Å²) in [6.07, 6.45) is 3.35. The van der Waals surface area contributed by atoms with Gasteiger partial charge in [-0.1, -0.05) is 6.07 Å². The standard InChI is InChI=1S/C18H21N3O3/c1-13-19-9-6-17(20-13)24-15-7-10-21(11-8-15)18(22)14-4-3-5-16(12-14)23-2/h3-6,9,12,15H,7-8,10-11H2,1-2H3. The molecule has 2 heterocycles. The number of benzene rings is 1. The Balaban J connectivity index is 1.57. The highest BCUT2D eigenvalue weighted by molar-refractivity contribution is 5.94. The molecule has 1 aliphatic rings. The third kappa shape index (κ3) is 3.82. The molecular weight excluding hydrogens is 306 g/mol. The van der Waals surface area contributed by atoms with Crippen LogP contribution in [-0.2, 0) is 0 Å². The van der Waals surface area contributed by atoms with Crippen molar-refractivity contribution in [1.29, 1.82) is 0 Å². The molecule has 126 valence electrons. The summed E-state index contributed by atoms with van der Waals surface area (Å²) >= 11 is 0. The number of rotatable bonds is 4. The van der Waals surface area contributed by atoms with Gasteiger partial charge in [0.1, 0.15) is 17.7 Å². The van der Waals surface area contributed by atoms with Gasteiger partial charge in [-0.25, -0.2) is 4.98 Å². The molecule has 1 aromatic heterocycles. The smallest absolute Gasteiger partial charge is 0.253 e. The lowest BCUT2D eigenvalue weighted by molar-refractivity contribution is 0.0587. The molecule has 0 spiro atoms. The number of aromatic nitrogens is 2. The molecule has 0 unspecified atom stereocenters. The Kier molecular flexibility index (Phi) is 4.93. The van der Waals surface area contributed by atoms with Crippen LogP contribution in [-0.4, -0.2) is 47.1 Å². The van der Waals surface area contributed by atoms with Gasteiger partial charge in [0.15, 0.2) is 0 Å². The van der Waals surface area contributed by atoms with E-state index in [4.69, 9.17) is 9.47 Å². The zero-order chi connectivity index (χ0) is 16.9. The summed E-state index contributed by atoms with van der Waals surface area (Å²) < 4.78 is 11.1. The van der Waals surface area contributed by atoms with Crippen LogP contribution in [0, 0.1) is 6.92 Å². The minimum absolute atomic E-state index is 0.0326. The maximum atomic E-state index is 12.6. The van der Waals surface area contributed by atoms with E-state index in [2.05, 4.69) is 9.97 Å². The van der Waals surface area contributed by atoms with Crippen molar-refractivity contribution in [2.45, 2.75) is 25.9 Å². The molecule has 0 radical (unpaired) electrons. The van der Waals surface area contributed by atoms with E-state index in [0.29, 0.717) is 36.1 Å². The van der Waals surface area contributed by atoms with Crippen LogP contribution in [0.2, 0.25) is 0 Å². The zero-order valence-corrected chi connectivity index (χ0v) is 13.9. The minimum Gasteiger partial charge on any atom is -0.497 e. The van der Waals surface area contributed by atoms with Gasteiger partial charge in [-0.3, -0.25) is 4.79 Å². The Hall–Kier alpha value is -2.63. The van der Waals surface area contributed by atoms with Crippen molar-refractivity contribution < 1.29 is 14.3 Å². The van der Waals surface area contributed by atoms with Crippen LogP contribution in [0.1, 0.15) is 29.0 Å². The Morgan fingerprint density at radius 1 is 1.25 bits per heavy atom. The lowest BCUT2D eigenvalue weighted by atomic mass is 10.1. The van der Waals surface area contributed by atoms with Crippen molar-refractivity contribution in [3.63, 3.8) is 0 Å². The van der Waals surface area contributed by atoms with E-state index in [-0.39, 0.29) is 12.0 Å². The van der Waals surface area contributed by atoms with Gasteiger partial charge < -0.3 is 14.4 Å². The largest absolute Gasteiger partial charge is 0.497 e. The number of methoxy groups -OCH3 is 1. The second-order valence-electron chi connectivity index (χ2n) is 5.78. The topological polar surface area (TPSA) is 64.5 Å². The van der Waals surface area contributed by atoms with Crippen molar-refractivity contribution >= 4 is 5.91 Å². The molecule has 0 saturated carbocycles. The third-order valence-electron chi connectivity index (χ3n) is 4.08. The Labute approximate surface area is 141 Å². The minimum atomic E-state index is 0.0326. The molecule has 6 heteroatoms. The molecule has 0 bridgehead atoms. The number of hydrogen-bond acceptors (Lipinski definition) is 5.